The lowest BCUT2D eigenvalue weighted by atomic mass is 10.0. The van der Waals surface area contributed by atoms with Crippen LogP contribution in [0.3, 0.4) is 0 Å². The second kappa shape index (κ2) is 4.93. The fourth-order valence-electron chi connectivity index (χ4n) is 1.80. The Balaban J connectivity index is 2.11. The molecule has 0 radical (unpaired) electrons. The number of benzene rings is 1. The molecule has 86 valence electrons. The molecule has 2 atom stereocenters. The van der Waals surface area contributed by atoms with Crippen molar-refractivity contribution in [3.8, 4) is 0 Å². The lowest BCUT2D eigenvalue weighted by Gasteiger charge is -2.26. The van der Waals surface area contributed by atoms with Crippen molar-refractivity contribution in [2.45, 2.75) is 23.8 Å². The molecule has 0 spiro atoms. The Morgan fingerprint density at radius 3 is 2.62 bits per heavy atom. The predicted octanol–water partition coefficient (Wildman–Crippen LogP) is 3.21. The van der Waals surface area contributed by atoms with E-state index in [1.54, 1.807) is 12.1 Å². The second-order valence-corrected chi connectivity index (χ2v) is 5.12. The van der Waals surface area contributed by atoms with Crippen molar-refractivity contribution in [3.05, 3.63) is 39.9 Å². The van der Waals surface area contributed by atoms with Gasteiger partial charge in [-0.15, -0.1) is 0 Å². The standard InChI is InChI=1S/C11H12BrNO3/c12-9-5-6-16-11(7-9)8-1-3-10(4-2-8)13(14)15/h1-4,9,11H,5-7H2/t9-,11+/m0/s1. The van der Waals surface area contributed by atoms with Crippen LogP contribution in [-0.2, 0) is 4.74 Å². The van der Waals surface area contributed by atoms with E-state index in [1.165, 1.54) is 12.1 Å². The van der Waals surface area contributed by atoms with Crippen LogP contribution < -0.4 is 0 Å². The smallest absolute Gasteiger partial charge is 0.269 e. The second-order valence-electron chi connectivity index (χ2n) is 3.83. The highest BCUT2D eigenvalue weighted by Crippen LogP contribution is 2.32. The fraction of sp³-hybridized carbons (Fsp3) is 0.455. The van der Waals surface area contributed by atoms with Gasteiger partial charge in [-0.3, -0.25) is 10.1 Å². The SMILES string of the molecule is O=[N+]([O-])c1ccc([C@H]2C[C@@H](Br)CCO2)cc1. The maximum absolute atomic E-state index is 10.5. The van der Waals surface area contributed by atoms with Crippen LogP contribution in [0.2, 0.25) is 0 Å². The van der Waals surface area contributed by atoms with E-state index < -0.39 is 4.92 Å². The van der Waals surface area contributed by atoms with E-state index in [0.717, 1.165) is 25.0 Å². The van der Waals surface area contributed by atoms with Crippen molar-refractivity contribution >= 4 is 21.6 Å². The number of non-ortho nitro benzene ring substituents is 1. The minimum atomic E-state index is -0.390. The Labute approximate surface area is 102 Å². The molecule has 1 aliphatic rings. The van der Waals surface area contributed by atoms with Crippen LogP contribution in [0.1, 0.15) is 24.5 Å². The fourth-order valence-corrected chi connectivity index (χ4v) is 2.33. The third-order valence-corrected chi connectivity index (χ3v) is 3.53. The van der Waals surface area contributed by atoms with E-state index in [0.29, 0.717) is 4.83 Å². The van der Waals surface area contributed by atoms with E-state index >= 15 is 0 Å². The zero-order chi connectivity index (χ0) is 11.5. The molecule has 0 unspecified atom stereocenters. The highest BCUT2D eigenvalue weighted by molar-refractivity contribution is 9.09. The van der Waals surface area contributed by atoms with Gasteiger partial charge in [0.05, 0.1) is 11.0 Å². The third kappa shape index (κ3) is 2.59. The molecule has 1 aromatic rings. The molecule has 0 N–H and O–H groups in total. The van der Waals surface area contributed by atoms with Crippen LogP contribution >= 0.6 is 15.9 Å². The summed E-state index contributed by atoms with van der Waals surface area (Å²) in [5, 5.41) is 10.5. The number of alkyl halides is 1. The Hall–Kier alpha value is -0.940. The van der Waals surface area contributed by atoms with Crippen LogP contribution in [0.4, 0.5) is 5.69 Å². The zero-order valence-corrected chi connectivity index (χ0v) is 10.2. The molecule has 16 heavy (non-hydrogen) atoms. The highest BCUT2D eigenvalue weighted by Gasteiger charge is 2.22. The number of hydrogen-bond acceptors (Lipinski definition) is 3. The van der Waals surface area contributed by atoms with Crippen LogP contribution in [0.25, 0.3) is 0 Å². The lowest BCUT2D eigenvalue weighted by Crippen LogP contribution is -2.19. The van der Waals surface area contributed by atoms with Crippen molar-refractivity contribution in [2.24, 2.45) is 0 Å². The molecule has 1 heterocycles. The van der Waals surface area contributed by atoms with E-state index in [2.05, 4.69) is 15.9 Å². The summed E-state index contributed by atoms with van der Waals surface area (Å²) in [5.41, 5.74) is 1.13. The van der Waals surface area contributed by atoms with Crippen LogP contribution in [0, 0.1) is 10.1 Å². The van der Waals surface area contributed by atoms with Crippen molar-refractivity contribution < 1.29 is 9.66 Å². The summed E-state index contributed by atoms with van der Waals surface area (Å²) < 4.78 is 5.63. The topological polar surface area (TPSA) is 52.4 Å². The average molecular weight is 286 g/mol. The van der Waals surface area contributed by atoms with Gasteiger partial charge in [0.15, 0.2) is 0 Å². The molecule has 0 amide bonds. The molecular formula is C11H12BrNO3. The summed E-state index contributed by atoms with van der Waals surface area (Å²) in [6, 6.07) is 6.59. The first kappa shape index (κ1) is 11.5. The summed E-state index contributed by atoms with van der Waals surface area (Å²) in [7, 11) is 0. The van der Waals surface area contributed by atoms with Crippen LogP contribution in [-0.4, -0.2) is 16.4 Å². The number of hydrogen-bond donors (Lipinski definition) is 0. The van der Waals surface area contributed by atoms with Crippen LogP contribution in [0.15, 0.2) is 24.3 Å². The van der Waals surface area contributed by atoms with Crippen molar-refractivity contribution in [2.75, 3.05) is 6.61 Å². The normalized spacial score (nSPS) is 25.3. The zero-order valence-electron chi connectivity index (χ0n) is 8.64. The minimum Gasteiger partial charge on any atom is -0.373 e. The first-order valence-corrected chi connectivity index (χ1v) is 6.08. The first-order valence-electron chi connectivity index (χ1n) is 5.17. The third-order valence-electron chi connectivity index (χ3n) is 2.70. The summed E-state index contributed by atoms with van der Waals surface area (Å²) in [4.78, 5) is 10.6. The monoisotopic (exact) mass is 285 g/mol. The lowest BCUT2D eigenvalue weighted by molar-refractivity contribution is -0.384. The first-order chi connectivity index (χ1) is 7.66. The number of halogens is 1. The Morgan fingerprint density at radius 1 is 1.38 bits per heavy atom. The number of rotatable bonds is 2. The molecule has 2 rings (SSSR count). The molecule has 0 bridgehead atoms. The van der Waals surface area contributed by atoms with Gasteiger partial charge in [0.2, 0.25) is 0 Å². The van der Waals surface area contributed by atoms with E-state index in [9.17, 15) is 10.1 Å². The largest absolute Gasteiger partial charge is 0.373 e. The van der Waals surface area contributed by atoms with Gasteiger partial charge >= 0.3 is 0 Å². The van der Waals surface area contributed by atoms with Gasteiger partial charge in [-0.2, -0.15) is 0 Å². The molecule has 1 aromatic carbocycles. The van der Waals surface area contributed by atoms with Gasteiger partial charge < -0.3 is 4.74 Å². The quantitative estimate of drug-likeness (QED) is 0.476. The molecule has 1 aliphatic heterocycles. The molecule has 0 aromatic heterocycles. The van der Waals surface area contributed by atoms with Crippen molar-refractivity contribution in [3.63, 3.8) is 0 Å². The van der Waals surface area contributed by atoms with Gasteiger partial charge in [-0.25, -0.2) is 0 Å². The number of nitro groups is 1. The maximum atomic E-state index is 10.5. The van der Waals surface area contributed by atoms with Crippen molar-refractivity contribution in [1.29, 1.82) is 0 Å². The van der Waals surface area contributed by atoms with E-state index in [1.807, 2.05) is 0 Å². The Kier molecular flexibility index (Phi) is 3.56. The molecule has 0 aliphatic carbocycles. The Bertz CT molecular complexity index is 379. The average Bonchev–Trinajstić information content (AvgIpc) is 2.29. The summed E-state index contributed by atoms with van der Waals surface area (Å²) >= 11 is 3.58. The number of nitro benzene ring substituents is 1. The summed E-state index contributed by atoms with van der Waals surface area (Å²) in [6.45, 7) is 0.734. The van der Waals surface area contributed by atoms with Gasteiger partial charge in [-0.1, -0.05) is 15.9 Å². The summed E-state index contributed by atoms with van der Waals surface area (Å²) in [6.07, 6.45) is 1.99. The molecule has 1 saturated heterocycles. The number of nitrogens with zero attached hydrogens (tertiary/aromatic N) is 1. The molecule has 0 saturated carbocycles. The number of ether oxygens (including phenoxy) is 1. The predicted molar refractivity (Wildman–Crippen MR) is 63.7 cm³/mol. The van der Waals surface area contributed by atoms with Gasteiger partial charge in [0.1, 0.15) is 0 Å². The Morgan fingerprint density at radius 2 is 2.06 bits per heavy atom. The van der Waals surface area contributed by atoms with E-state index in [4.69, 9.17) is 4.74 Å². The minimum absolute atomic E-state index is 0.0546. The summed E-state index contributed by atoms with van der Waals surface area (Å²) in [5.74, 6) is 0. The highest BCUT2D eigenvalue weighted by atomic mass is 79.9. The van der Waals surface area contributed by atoms with Crippen LogP contribution in [0.5, 0.6) is 0 Å². The van der Waals surface area contributed by atoms with Gasteiger partial charge in [0.25, 0.3) is 5.69 Å². The van der Waals surface area contributed by atoms with E-state index in [-0.39, 0.29) is 11.8 Å². The van der Waals surface area contributed by atoms with Gasteiger partial charge in [0, 0.05) is 23.6 Å². The van der Waals surface area contributed by atoms with Crippen molar-refractivity contribution in [1.82, 2.24) is 0 Å². The molecule has 5 heteroatoms. The molecule has 4 nitrogen and oxygen atoms in total. The maximum Gasteiger partial charge on any atom is 0.269 e. The molecular weight excluding hydrogens is 274 g/mol. The van der Waals surface area contributed by atoms with Gasteiger partial charge in [-0.05, 0) is 30.5 Å². The molecule has 1 fully saturated rings.